The van der Waals surface area contributed by atoms with Gasteiger partial charge in [-0.15, -0.1) is 10.4 Å². The Kier molecular flexibility index (Phi) is 9.54. The molecule has 0 saturated carbocycles. The number of aromatic nitrogens is 3. The van der Waals surface area contributed by atoms with Gasteiger partial charge in [-0.2, -0.15) is 0 Å². The summed E-state index contributed by atoms with van der Waals surface area (Å²) in [7, 11) is 0. The Balaban J connectivity index is 3.00. The van der Waals surface area contributed by atoms with E-state index >= 15 is 0 Å². The van der Waals surface area contributed by atoms with Gasteiger partial charge in [0, 0.05) is 0 Å². The Bertz CT molecular complexity index is 349. The van der Waals surface area contributed by atoms with E-state index in [4.69, 9.17) is 4.52 Å². The van der Waals surface area contributed by atoms with E-state index < -0.39 is 0 Å². The van der Waals surface area contributed by atoms with E-state index in [2.05, 4.69) is 15.6 Å². The van der Waals surface area contributed by atoms with Crippen molar-refractivity contribution in [2.75, 3.05) is 0 Å². The van der Waals surface area contributed by atoms with Crippen LogP contribution in [0.2, 0.25) is 0 Å². The number of rotatable bonds is 0. The lowest BCUT2D eigenvalue weighted by molar-refractivity contribution is 0.356. The van der Waals surface area contributed by atoms with Crippen LogP contribution in [-0.2, 0) is 0 Å². The van der Waals surface area contributed by atoms with Gasteiger partial charge in [-0.25, -0.2) is 0 Å². The van der Waals surface area contributed by atoms with E-state index in [-0.39, 0.29) is 0 Å². The molecule has 0 aliphatic heterocycles. The van der Waals surface area contributed by atoms with Gasteiger partial charge in [0.05, 0.1) is 6.20 Å². The molecule has 0 radical (unpaired) electrons. The first-order chi connectivity index (χ1) is 10.0. The van der Waals surface area contributed by atoms with Gasteiger partial charge in [-0.1, -0.05) is 72.8 Å². The molecule has 0 spiro atoms. The molecule has 0 fully saturated rings. The Hall–Kier alpha value is -2.88. The van der Waals surface area contributed by atoms with Gasteiger partial charge in [-0.3, -0.25) is 0 Å². The molecule has 0 bridgehead atoms. The van der Waals surface area contributed by atoms with Crippen LogP contribution < -0.4 is 0 Å². The Morgan fingerprint density at radius 1 is 0.550 bits per heavy atom. The van der Waals surface area contributed by atoms with Crippen molar-refractivity contribution in [1.29, 1.82) is 0 Å². The van der Waals surface area contributed by atoms with Gasteiger partial charge in [-0.05, 0) is 17.3 Å². The van der Waals surface area contributed by atoms with Crippen molar-refractivity contribution < 1.29 is 4.52 Å². The summed E-state index contributed by atoms with van der Waals surface area (Å²) in [4.78, 5) is 0. The maximum atomic E-state index is 4.86. The summed E-state index contributed by atoms with van der Waals surface area (Å²) in [6.45, 7) is 0. The van der Waals surface area contributed by atoms with Crippen LogP contribution in [-0.4, -0.2) is 15.6 Å². The normalized spacial score (nSPS) is 8.00. The van der Waals surface area contributed by atoms with Crippen LogP contribution in [0.15, 0.2) is 102 Å². The average molecular weight is 267 g/mol. The third-order valence-electron chi connectivity index (χ3n) is 1.90. The largest absolute Gasteiger partial charge is 0.372 e. The fourth-order valence-electron chi connectivity index (χ4n) is 1.05. The van der Waals surface area contributed by atoms with E-state index in [1.54, 1.807) is 18.3 Å². The lowest BCUT2D eigenvalue weighted by atomic mass is 10.4. The second-order valence-corrected chi connectivity index (χ2v) is 3.40. The average Bonchev–Trinajstić information content (AvgIpc) is 2.46. The van der Waals surface area contributed by atoms with Gasteiger partial charge >= 0.3 is 0 Å². The molecule has 0 atom stereocenters. The van der Waals surface area contributed by atoms with E-state index in [0.29, 0.717) is 0 Å². The van der Waals surface area contributed by atoms with Crippen molar-refractivity contribution in [2.45, 2.75) is 0 Å². The third kappa shape index (κ3) is 10.3. The predicted molar refractivity (Wildman–Crippen MR) is 79.2 cm³/mol. The number of nitrogens with one attached hydrogen (secondary N) is 1. The summed E-state index contributed by atoms with van der Waals surface area (Å²) >= 11 is 0. The minimum absolute atomic E-state index is 1.47. The van der Waals surface area contributed by atoms with Crippen LogP contribution in [0.5, 0.6) is 0 Å². The van der Waals surface area contributed by atoms with Crippen molar-refractivity contribution in [3.8, 4) is 0 Å². The highest BCUT2D eigenvalue weighted by Gasteiger charge is 1.59. The molecule has 0 aliphatic carbocycles. The predicted octanol–water partition coefficient (Wildman–Crippen LogP) is 3.90. The van der Waals surface area contributed by atoms with Crippen molar-refractivity contribution in [1.82, 2.24) is 15.6 Å². The molecule has 1 aromatic rings. The van der Waals surface area contributed by atoms with Crippen LogP contribution >= 0.6 is 0 Å². The monoisotopic (exact) mass is 267 g/mol. The highest BCUT2D eigenvalue weighted by molar-refractivity contribution is 4.97. The van der Waals surface area contributed by atoms with Crippen LogP contribution in [0.3, 0.4) is 0 Å². The summed E-state index contributed by atoms with van der Waals surface area (Å²) in [5.41, 5.74) is 0. The summed E-state index contributed by atoms with van der Waals surface area (Å²) in [5.74, 6) is 0. The first-order valence-electron chi connectivity index (χ1n) is 6.12. The SMILES string of the molecule is c1cccccccco[nH]nnccccccc1. The number of nitrogens with zero attached hydrogens (tertiary/aromatic N) is 2. The molecule has 0 unspecified atom stereocenters. The zero-order valence-electron chi connectivity index (χ0n) is 11.0. The highest BCUT2D eigenvalue weighted by atomic mass is 16.5. The minimum atomic E-state index is 1.47. The smallest absolute Gasteiger partial charge is 0.121 e. The second-order valence-electron chi connectivity index (χ2n) is 3.40. The van der Waals surface area contributed by atoms with Crippen LogP contribution in [0.4, 0.5) is 0 Å². The van der Waals surface area contributed by atoms with Crippen molar-refractivity contribution in [3.05, 3.63) is 97.4 Å². The summed E-state index contributed by atoms with van der Waals surface area (Å²) in [6.07, 6.45) is 3.01. The lowest BCUT2D eigenvalue weighted by Gasteiger charge is -1.71. The van der Waals surface area contributed by atoms with Gasteiger partial charge in [0.2, 0.25) is 0 Å². The van der Waals surface area contributed by atoms with Gasteiger partial charge in [0.25, 0.3) is 0 Å². The molecule has 0 saturated heterocycles. The topological polar surface area (TPSA) is 54.7 Å². The van der Waals surface area contributed by atoms with Crippen LogP contribution in [0.1, 0.15) is 0 Å². The molecule has 0 aromatic carbocycles. The lowest BCUT2D eigenvalue weighted by Crippen LogP contribution is -1.74. The molecular weight excluding hydrogens is 250 g/mol. The maximum absolute atomic E-state index is 4.86. The minimum Gasteiger partial charge on any atom is -0.372 e. The van der Waals surface area contributed by atoms with E-state index in [0.717, 1.165) is 0 Å². The van der Waals surface area contributed by atoms with Gasteiger partial charge < -0.3 is 4.52 Å². The molecule has 1 heterocycles. The Morgan fingerprint density at radius 3 is 1.55 bits per heavy atom. The van der Waals surface area contributed by atoms with Crippen molar-refractivity contribution in [2.24, 2.45) is 0 Å². The number of aromatic amines is 1. The fourth-order valence-corrected chi connectivity index (χ4v) is 1.05. The molecule has 1 rings (SSSR count). The first-order valence-corrected chi connectivity index (χ1v) is 6.12. The molecule has 1 aromatic heterocycles. The van der Waals surface area contributed by atoms with Gasteiger partial charge in [0.1, 0.15) is 6.26 Å². The third-order valence-corrected chi connectivity index (χ3v) is 1.90. The summed E-state index contributed by atoms with van der Waals surface area (Å²) in [5, 5.41) is 9.59. The quantitative estimate of drug-likeness (QED) is 0.775. The highest BCUT2D eigenvalue weighted by Crippen LogP contribution is 1.79. The Morgan fingerprint density at radius 2 is 1.00 bits per heavy atom. The van der Waals surface area contributed by atoms with E-state index in [9.17, 15) is 0 Å². The molecule has 4 heteroatoms. The molecule has 102 valence electrons. The number of hydrogen-bond acceptors (Lipinski definition) is 3. The summed E-state index contributed by atoms with van der Waals surface area (Å²) in [6, 6.07) is 26.5. The molecule has 20 heavy (non-hydrogen) atoms. The number of H-pyrrole nitrogens is 1. The molecular formula is C16H17N3O. The van der Waals surface area contributed by atoms with E-state index in [1.807, 2.05) is 72.8 Å². The standard InChI is InChI=1S/C16H17N3O/c1-2-4-6-8-10-12-14-16-20-19-18-17-15-13-11-9-7-5-3-1/h1-16H,(H,17,19). The molecule has 0 amide bonds. The fraction of sp³-hybridized carbons (Fsp3) is 0. The van der Waals surface area contributed by atoms with Crippen molar-refractivity contribution >= 4 is 0 Å². The zero-order chi connectivity index (χ0) is 14.1. The van der Waals surface area contributed by atoms with E-state index in [1.165, 1.54) is 6.26 Å². The Labute approximate surface area is 118 Å². The van der Waals surface area contributed by atoms with Crippen LogP contribution in [0, 0.1) is 0 Å². The van der Waals surface area contributed by atoms with Crippen LogP contribution in [0.25, 0.3) is 0 Å². The zero-order valence-corrected chi connectivity index (χ0v) is 11.0. The van der Waals surface area contributed by atoms with Gasteiger partial charge in [0.15, 0.2) is 0 Å². The van der Waals surface area contributed by atoms with Crippen molar-refractivity contribution in [3.63, 3.8) is 0 Å². The summed E-state index contributed by atoms with van der Waals surface area (Å²) < 4.78 is 4.86. The molecule has 0 aliphatic rings. The molecule has 4 nitrogen and oxygen atoms in total. The first kappa shape index (κ1) is 15.2. The maximum Gasteiger partial charge on any atom is 0.121 e. The second kappa shape index (κ2) is 12.6. The number of hydrogen-bond donors (Lipinski definition) is 1. The molecule has 1 N–H and O–H groups in total.